The summed E-state index contributed by atoms with van der Waals surface area (Å²) < 4.78 is 2.30. The van der Waals surface area contributed by atoms with E-state index in [1.165, 1.54) is 12.2 Å². The number of aliphatic hydroxyl groups is 1. The maximum atomic E-state index is 9.00. The SMILES string of the molecule is OCCCc1nc2cccnc2n1C1CCSC1. The topological polar surface area (TPSA) is 50.9 Å². The summed E-state index contributed by atoms with van der Waals surface area (Å²) in [7, 11) is 0. The number of nitrogens with zero attached hydrogens (tertiary/aromatic N) is 3. The van der Waals surface area contributed by atoms with Crippen molar-refractivity contribution in [1.29, 1.82) is 0 Å². The van der Waals surface area contributed by atoms with E-state index in [0.29, 0.717) is 6.04 Å². The molecular weight excluding hydrogens is 246 g/mol. The fourth-order valence-corrected chi connectivity index (χ4v) is 3.69. The van der Waals surface area contributed by atoms with Crippen LogP contribution >= 0.6 is 11.8 Å². The number of imidazole rings is 1. The minimum Gasteiger partial charge on any atom is -0.396 e. The molecule has 1 unspecified atom stereocenters. The molecule has 1 aliphatic rings. The Labute approximate surface area is 110 Å². The van der Waals surface area contributed by atoms with Crippen molar-refractivity contribution in [3.8, 4) is 0 Å². The van der Waals surface area contributed by atoms with Crippen LogP contribution in [0.5, 0.6) is 0 Å². The smallest absolute Gasteiger partial charge is 0.160 e. The Kier molecular flexibility index (Phi) is 3.52. The van der Waals surface area contributed by atoms with Gasteiger partial charge >= 0.3 is 0 Å². The van der Waals surface area contributed by atoms with Crippen LogP contribution in [0.25, 0.3) is 11.2 Å². The molecule has 0 aliphatic carbocycles. The van der Waals surface area contributed by atoms with E-state index in [9.17, 15) is 0 Å². The molecule has 0 aromatic carbocycles. The standard InChI is InChI=1S/C13H17N3OS/c17-7-2-4-12-15-11-3-1-6-14-13(11)16(12)10-5-8-18-9-10/h1,3,6,10,17H,2,4-5,7-9H2. The molecule has 1 atom stereocenters. The van der Waals surface area contributed by atoms with Gasteiger partial charge in [0.05, 0.1) is 0 Å². The van der Waals surface area contributed by atoms with Crippen molar-refractivity contribution in [1.82, 2.24) is 14.5 Å². The van der Waals surface area contributed by atoms with E-state index >= 15 is 0 Å². The van der Waals surface area contributed by atoms with Crippen molar-refractivity contribution < 1.29 is 5.11 Å². The predicted octanol–water partition coefficient (Wildman–Crippen LogP) is 2.03. The Bertz CT molecular complexity index is 534. The Morgan fingerprint density at radius 3 is 3.22 bits per heavy atom. The molecule has 2 aromatic heterocycles. The van der Waals surface area contributed by atoms with E-state index in [2.05, 4.69) is 14.5 Å². The second kappa shape index (κ2) is 5.28. The maximum Gasteiger partial charge on any atom is 0.160 e. The number of aryl methyl sites for hydroxylation is 1. The number of pyridine rings is 1. The third kappa shape index (κ3) is 2.12. The van der Waals surface area contributed by atoms with Crippen molar-refractivity contribution >= 4 is 22.9 Å². The van der Waals surface area contributed by atoms with Crippen LogP contribution in [0.2, 0.25) is 0 Å². The number of hydrogen-bond acceptors (Lipinski definition) is 4. The lowest BCUT2D eigenvalue weighted by Crippen LogP contribution is -2.12. The van der Waals surface area contributed by atoms with Crippen molar-refractivity contribution in [3.63, 3.8) is 0 Å². The molecule has 0 spiro atoms. The molecule has 3 rings (SSSR count). The van der Waals surface area contributed by atoms with Crippen molar-refractivity contribution in [3.05, 3.63) is 24.2 Å². The second-order valence-corrected chi connectivity index (χ2v) is 5.74. The van der Waals surface area contributed by atoms with Gasteiger partial charge in [-0.25, -0.2) is 9.97 Å². The lowest BCUT2D eigenvalue weighted by atomic mass is 10.2. The van der Waals surface area contributed by atoms with Gasteiger partial charge in [-0.15, -0.1) is 0 Å². The number of thioether (sulfide) groups is 1. The molecule has 4 nitrogen and oxygen atoms in total. The molecule has 0 radical (unpaired) electrons. The van der Waals surface area contributed by atoms with Gasteiger partial charge in [0.25, 0.3) is 0 Å². The van der Waals surface area contributed by atoms with Gasteiger partial charge in [0.15, 0.2) is 5.65 Å². The quantitative estimate of drug-likeness (QED) is 0.917. The zero-order valence-electron chi connectivity index (χ0n) is 10.2. The molecule has 0 bridgehead atoms. The first kappa shape index (κ1) is 12.0. The highest BCUT2D eigenvalue weighted by Gasteiger charge is 2.23. The van der Waals surface area contributed by atoms with E-state index < -0.39 is 0 Å². The van der Waals surface area contributed by atoms with Crippen LogP contribution < -0.4 is 0 Å². The summed E-state index contributed by atoms with van der Waals surface area (Å²) in [5.41, 5.74) is 1.97. The first-order valence-electron chi connectivity index (χ1n) is 6.40. The molecule has 1 fully saturated rings. The van der Waals surface area contributed by atoms with Gasteiger partial charge in [0.1, 0.15) is 11.3 Å². The molecule has 1 N–H and O–H groups in total. The van der Waals surface area contributed by atoms with Crippen molar-refractivity contribution in [2.45, 2.75) is 25.3 Å². The molecule has 5 heteroatoms. The molecule has 0 amide bonds. The molecule has 18 heavy (non-hydrogen) atoms. The Balaban J connectivity index is 2.05. The third-order valence-corrected chi connectivity index (χ3v) is 4.50. The molecule has 96 valence electrons. The summed E-state index contributed by atoms with van der Waals surface area (Å²) in [4.78, 5) is 9.16. The van der Waals surface area contributed by atoms with Crippen LogP contribution in [0.1, 0.15) is 24.7 Å². The van der Waals surface area contributed by atoms with Crippen LogP contribution in [0, 0.1) is 0 Å². The van der Waals surface area contributed by atoms with Crippen LogP contribution in [-0.2, 0) is 6.42 Å². The predicted molar refractivity (Wildman–Crippen MR) is 73.9 cm³/mol. The van der Waals surface area contributed by atoms with Crippen LogP contribution in [0.15, 0.2) is 18.3 Å². The number of hydrogen-bond donors (Lipinski definition) is 1. The van der Waals surface area contributed by atoms with E-state index in [0.717, 1.165) is 35.6 Å². The van der Waals surface area contributed by atoms with Gasteiger partial charge in [0, 0.05) is 31.0 Å². The Morgan fingerprint density at radius 2 is 2.44 bits per heavy atom. The first-order chi connectivity index (χ1) is 8.90. The lowest BCUT2D eigenvalue weighted by Gasteiger charge is -2.14. The first-order valence-corrected chi connectivity index (χ1v) is 7.56. The second-order valence-electron chi connectivity index (χ2n) is 4.59. The third-order valence-electron chi connectivity index (χ3n) is 3.35. The van der Waals surface area contributed by atoms with Gasteiger partial charge in [0.2, 0.25) is 0 Å². The highest BCUT2D eigenvalue weighted by atomic mass is 32.2. The molecule has 2 aromatic rings. The van der Waals surface area contributed by atoms with Gasteiger partial charge in [-0.1, -0.05) is 0 Å². The monoisotopic (exact) mass is 263 g/mol. The summed E-state index contributed by atoms with van der Waals surface area (Å²) in [6, 6.07) is 4.46. The van der Waals surface area contributed by atoms with Gasteiger partial charge in [-0.05, 0) is 30.7 Å². The minimum atomic E-state index is 0.218. The average Bonchev–Trinajstić information content (AvgIpc) is 3.02. The number of aromatic nitrogens is 3. The Hall–Kier alpha value is -1.07. The fourth-order valence-electron chi connectivity index (χ4n) is 2.50. The Morgan fingerprint density at radius 1 is 1.50 bits per heavy atom. The van der Waals surface area contributed by atoms with Gasteiger partial charge in [-0.3, -0.25) is 0 Å². The maximum absolute atomic E-state index is 9.00. The molecule has 1 saturated heterocycles. The fraction of sp³-hybridized carbons (Fsp3) is 0.538. The average molecular weight is 263 g/mol. The van der Waals surface area contributed by atoms with E-state index in [1.807, 2.05) is 30.1 Å². The van der Waals surface area contributed by atoms with Crippen molar-refractivity contribution in [2.75, 3.05) is 18.1 Å². The summed E-state index contributed by atoms with van der Waals surface area (Å²) in [5, 5.41) is 9.00. The highest BCUT2D eigenvalue weighted by molar-refractivity contribution is 7.99. The van der Waals surface area contributed by atoms with Crippen molar-refractivity contribution in [2.24, 2.45) is 0 Å². The largest absolute Gasteiger partial charge is 0.396 e. The van der Waals surface area contributed by atoms with Crippen LogP contribution in [-0.4, -0.2) is 37.8 Å². The normalized spacial score (nSPS) is 19.7. The van der Waals surface area contributed by atoms with E-state index in [1.54, 1.807) is 0 Å². The zero-order valence-corrected chi connectivity index (χ0v) is 11.1. The lowest BCUT2D eigenvalue weighted by molar-refractivity contribution is 0.286. The number of aliphatic hydroxyl groups excluding tert-OH is 1. The summed E-state index contributed by atoms with van der Waals surface area (Å²) >= 11 is 2.00. The van der Waals surface area contributed by atoms with Crippen LogP contribution in [0.3, 0.4) is 0 Å². The summed E-state index contributed by atoms with van der Waals surface area (Å²) in [5.74, 6) is 3.44. The zero-order chi connectivity index (χ0) is 12.4. The number of fused-ring (bicyclic) bond motifs is 1. The van der Waals surface area contributed by atoms with E-state index in [-0.39, 0.29) is 6.61 Å². The molecular formula is C13H17N3OS. The van der Waals surface area contributed by atoms with E-state index in [4.69, 9.17) is 5.11 Å². The molecule has 1 aliphatic heterocycles. The number of rotatable bonds is 4. The highest BCUT2D eigenvalue weighted by Crippen LogP contribution is 2.31. The summed E-state index contributed by atoms with van der Waals surface area (Å²) in [6.45, 7) is 0.218. The summed E-state index contributed by atoms with van der Waals surface area (Å²) in [6.07, 6.45) is 4.62. The van der Waals surface area contributed by atoms with Gasteiger partial charge < -0.3 is 9.67 Å². The van der Waals surface area contributed by atoms with Gasteiger partial charge in [-0.2, -0.15) is 11.8 Å². The molecule has 0 saturated carbocycles. The molecule has 3 heterocycles. The van der Waals surface area contributed by atoms with Crippen LogP contribution in [0.4, 0.5) is 0 Å². The minimum absolute atomic E-state index is 0.218.